The molecule has 0 bridgehead atoms. The highest BCUT2D eigenvalue weighted by molar-refractivity contribution is 9.10. The highest BCUT2D eigenvalue weighted by Gasteiger charge is 2.43. The van der Waals surface area contributed by atoms with Gasteiger partial charge in [0.2, 0.25) is 5.82 Å². The highest BCUT2D eigenvalue weighted by Crippen LogP contribution is 2.42. The van der Waals surface area contributed by atoms with Gasteiger partial charge < -0.3 is 14.2 Å². The van der Waals surface area contributed by atoms with Crippen LogP contribution in [0.2, 0.25) is 0 Å². The molecule has 44 heavy (non-hydrogen) atoms. The molecule has 3 atom stereocenters. The molecule has 0 amide bonds. The fourth-order valence-electron chi connectivity index (χ4n) is 5.63. The van der Waals surface area contributed by atoms with Crippen molar-refractivity contribution in [3.63, 3.8) is 0 Å². The molecule has 7 nitrogen and oxygen atoms in total. The lowest BCUT2D eigenvalue weighted by Gasteiger charge is -2.37. The maximum atomic E-state index is 14.3. The van der Waals surface area contributed by atoms with Crippen molar-refractivity contribution in [1.82, 2.24) is 9.55 Å². The van der Waals surface area contributed by atoms with E-state index in [4.69, 9.17) is 14.2 Å². The van der Waals surface area contributed by atoms with Crippen molar-refractivity contribution in [3.8, 4) is 0 Å². The maximum absolute atomic E-state index is 14.3. The Morgan fingerprint density at radius 1 is 0.841 bits per heavy atom. The lowest BCUT2D eigenvalue weighted by Crippen LogP contribution is -2.38. The molecule has 9 heteroatoms. The second-order valence-corrected chi connectivity index (χ2v) is 11.5. The van der Waals surface area contributed by atoms with Crippen molar-refractivity contribution < 1.29 is 18.6 Å². The molecule has 4 aromatic carbocycles. The number of halogens is 2. The van der Waals surface area contributed by atoms with E-state index in [1.807, 2.05) is 120 Å². The van der Waals surface area contributed by atoms with Gasteiger partial charge in [0, 0.05) is 10.9 Å². The number of nitrogens with one attached hydrogen (secondary N) is 1. The summed E-state index contributed by atoms with van der Waals surface area (Å²) in [5.74, 6) is -1.07. The summed E-state index contributed by atoms with van der Waals surface area (Å²) in [5.41, 5.74) is 0.903. The third kappa shape index (κ3) is 6.23. The summed E-state index contributed by atoms with van der Waals surface area (Å²) in [4.78, 5) is 26.4. The first-order valence-corrected chi connectivity index (χ1v) is 15.1. The summed E-state index contributed by atoms with van der Waals surface area (Å²) < 4.78 is 36.0. The van der Waals surface area contributed by atoms with Gasteiger partial charge in [-0.25, -0.2) is 4.79 Å². The van der Waals surface area contributed by atoms with Gasteiger partial charge in [-0.1, -0.05) is 119 Å². The van der Waals surface area contributed by atoms with Crippen molar-refractivity contribution in [1.29, 1.82) is 0 Å². The van der Waals surface area contributed by atoms with Crippen LogP contribution in [0.4, 0.5) is 4.39 Å². The minimum atomic E-state index is -1.08. The first-order chi connectivity index (χ1) is 21.4. The summed E-state index contributed by atoms with van der Waals surface area (Å²) in [7, 11) is 0. The average Bonchev–Trinajstić information content (AvgIpc) is 3.47. The number of rotatable bonds is 10. The quantitative estimate of drug-likeness (QED) is 0.178. The monoisotopic (exact) mass is 656 g/mol. The van der Waals surface area contributed by atoms with Gasteiger partial charge in [-0.3, -0.25) is 14.3 Å². The molecule has 0 saturated carbocycles. The number of hydrogen-bond acceptors (Lipinski definition) is 5. The van der Waals surface area contributed by atoms with E-state index in [-0.39, 0.29) is 13.0 Å². The van der Waals surface area contributed by atoms with Gasteiger partial charge in [-0.15, -0.1) is 0 Å². The van der Waals surface area contributed by atoms with E-state index in [0.29, 0.717) is 6.61 Å². The molecule has 2 heterocycles. The molecule has 0 unspecified atom stereocenters. The summed E-state index contributed by atoms with van der Waals surface area (Å²) in [6, 6.07) is 37.7. The predicted octanol–water partition coefficient (Wildman–Crippen LogP) is 6.32. The third-order valence-electron chi connectivity index (χ3n) is 7.80. The standard InChI is InChI=1S/C35H30BrFN2O5/c36-28-18-16-24(17-19-28)22-42-30-20-32(39-21-29(37)33(40)38-34(39)41)44-31(30)23-43-35(25-10-4-1-5-11-25,26-12-6-2-7-13-26)27-14-8-3-9-15-27/h1-19,21,30-32H,20,22-23H2,(H,38,40,41)/t30-,31+,32+/m0/s1. The van der Waals surface area contributed by atoms with Gasteiger partial charge in [-0.05, 0) is 34.4 Å². The number of benzene rings is 4. The fourth-order valence-corrected chi connectivity index (χ4v) is 5.90. The van der Waals surface area contributed by atoms with Crippen LogP contribution in [0, 0.1) is 5.82 Å². The topological polar surface area (TPSA) is 82.6 Å². The maximum Gasteiger partial charge on any atom is 0.330 e. The van der Waals surface area contributed by atoms with Gasteiger partial charge in [0.25, 0.3) is 5.56 Å². The van der Waals surface area contributed by atoms with E-state index < -0.39 is 41.1 Å². The van der Waals surface area contributed by atoms with Crippen molar-refractivity contribution in [3.05, 3.63) is 175 Å². The van der Waals surface area contributed by atoms with Gasteiger partial charge in [0.1, 0.15) is 17.9 Å². The van der Waals surface area contributed by atoms with Crippen LogP contribution in [-0.4, -0.2) is 28.4 Å². The van der Waals surface area contributed by atoms with Crippen LogP contribution >= 0.6 is 15.9 Å². The third-order valence-corrected chi connectivity index (χ3v) is 8.33. The van der Waals surface area contributed by atoms with Crippen LogP contribution in [0.3, 0.4) is 0 Å². The molecule has 6 rings (SSSR count). The molecule has 0 aliphatic carbocycles. The Bertz CT molecular complexity index is 1700. The van der Waals surface area contributed by atoms with E-state index in [2.05, 4.69) is 15.9 Å². The van der Waals surface area contributed by atoms with Crippen LogP contribution in [0.5, 0.6) is 0 Å². The molecule has 1 aromatic heterocycles. The molecule has 5 aromatic rings. The van der Waals surface area contributed by atoms with E-state index in [9.17, 15) is 14.0 Å². The van der Waals surface area contributed by atoms with Crippen molar-refractivity contribution in [2.45, 2.75) is 37.1 Å². The minimum absolute atomic E-state index is 0.0841. The molecule has 224 valence electrons. The van der Waals surface area contributed by atoms with Gasteiger partial charge >= 0.3 is 5.69 Å². The second-order valence-electron chi connectivity index (χ2n) is 10.6. The van der Waals surface area contributed by atoms with Crippen LogP contribution < -0.4 is 11.2 Å². The summed E-state index contributed by atoms with van der Waals surface area (Å²) in [5, 5.41) is 0. The number of H-pyrrole nitrogens is 1. The Balaban J connectivity index is 1.36. The number of ether oxygens (including phenoxy) is 3. The summed E-state index contributed by atoms with van der Waals surface area (Å²) >= 11 is 3.45. The van der Waals surface area contributed by atoms with Gasteiger partial charge in [0.05, 0.1) is 25.5 Å². The van der Waals surface area contributed by atoms with E-state index in [1.54, 1.807) is 0 Å². The molecule has 1 fully saturated rings. The Kier molecular flexibility index (Phi) is 8.99. The number of nitrogens with zero attached hydrogens (tertiary/aromatic N) is 1. The SMILES string of the molecule is O=c1[nH]c(=O)n([C@H]2C[C@H](OCc3ccc(Br)cc3)[C@@H](COC(c3ccccc3)(c3ccccc3)c3ccccc3)O2)cc1F. The Morgan fingerprint density at radius 2 is 1.39 bits per heavy atom. The molecular weight excluding hydrogens is 627 g/mol. The number of hydrogen-bond donors (Lipinski definition) is 1. The Morgan fingerprint density at radius 3 is 1.93 bits per heavy atom. The lowest BCUT2D eigenvalue weighted by atomic mass is 9.80. The highest BCUT2D eigenvalue weighted by atomic mass is 79.9. The second kappa shape index (κ2) is 13.2. The van der Waals surface area contributed by atoms with Crippen LogP contribution in [0.15, 0.2) is 136 Å². The summed E-state index contributed by atoms with van der Waals surface area (Å²) in [6.45, 7) is 0.376. The molecule has 0 radical (unpaired) electrons. The zero-order valence-electron chi connectivity index (χ0n) is 23.6. The van der Waals surface area contributed by atoms with Crippen LogP contribution in [-0.2, 0) is 26.4 Å². The Hall–Kier alpha value is -4.15. The first kappa shape index (κ1) is 29.9. The normalized spacial score (nSPS) is 18.4. The minimum Gasteiger partial charge on any atom is -0.371 e. The smallest absolute Gasteiger partial charge is 0.330 e. The predicted molar refractivity (Wildman–Crippen MR) is 168 cm³/mol. The fraction of sp³-hybridized carbons (Fsp3) is 0.200. The molecular formula is C35H30BrFN2O5. The average molecular weight is 658 g/mol. The van der Waals surface area contributed by atoms with E-state index >= 15 is 0 Å². The van der Waals surface area contributed by atoms with Gasteiger partial charge in [-0.2, -0.15) is 4.39 Å². The zero-order valence-corrected chi connectivity index (χ0v) is 25.2. The zero-order chi connectivity index (χ0) is 30.5. The van der Waals surface area contributed by atoms with Crippen molar-refractivity contribution in [2.24, 2.45) is 0 Å². The van der Waals surface area contributed by atoms with Gasteiger partial charge in [0.15, 0.2) is 0 Å². The number of aromatic amines is 1. The van der Waals surface area contributed by atoms with Crippen molar-refractivity contribution in [2.75, 3.05) is 6.61 Å². The van der Waals surface area contributed by atoms with E-state index in [0.717, 1.165) is 37.5 Å². The van der Waals surface area contributed by atoms with Crippen molar-refractivity contribution >= 4 is 15.9 Å². The molecule has 1 saturated heterocycles. The molecule has 1 N–H and O–H groups in total. The van der Waals surface area contributed by atoms with Crippen LogP contribution in [0.1, 0.15) is 34.9 Å². The van der Waals surface area contributed by atoms with Crippen LogP contribution in [0.25, 0.3) is 0 Å². The molecule has 1 aliphatic heterocycles. The summed E-state index contributed by atoms with van der Waals surface area (Å²) in [6.07, 6.45) is -0.899. The van der Waals surface area contributed by atoms with E-state index in [1.165, 1.54) is 0 Å². The Labute approximate surface area is 262 Å². The molecule has 1 aliphatic rings. The molecule has 0 spiro atoms. The lowest BCUT2D eigenvalue weighted by molar-refractivity contribution is -0.106. The number of aromatic nitrogens is 2. The first-order valence-electron chi connectivity index (χ1n) is 14.3. The largest absolute Gasteiger partial charge is 0.371 e.